The van der Waals surface area contributed by atoms with Crippen LogP contribution in [0.3, 0.4) is 0 Å². The normalized spacial score (nSPS) is 10.9. The Bertz CT molecular complexity index is 262. The van der Waals surface area contributed by atoms with Crippen LogP contribution in [-0.2, 0) is 9.59 Å². The maximum absolute atomic E-state index is 11.9. The van der Waals surface area contributed by atoms with E-state index in [-0.39, 0.29) is 11.3 Å². The van der Waals surface area contributed by atoms with E-state index in [0.29, 0.717) is 0 Å². The lowest BCUT2D eigenvalue weighted by atomic mass is 10.3. The first-order valence-electron chi connectivity index (χ1n) is 3.93. The Morgan fingerprint density at radius 2 is 1.93 bits per heavy atom. The van der Waals surface area contributed by atoms with Gasteiger partial charge in [0.2, 0.25) is 5.91 Å². The van der Waals surface area contributed by atoms with Gasteiger partial charge in [0.15, 0.2) is 0 Å². The van der Waals surface area contributed by atoms with Crippen molar-refractivity contribution < 1.29 is 27.9 Å². The van der Waals surface area contributed by atoms with E-state index in [1.54, 1.807) is 0 Å². The van der Waals surface area contributed by atoms with Crippen molar-refractivity contribution in [3.8, 4) is 0 Å². The lowest BCUT2D eigenvalue weighted by molar-refractivity contribution is -0.165. The van der Waals surface area contributed by atoms with Gasteiger partial charge in [-0.05, 0) is 0 Å². The van der Waals surface area contributed by atoms with Crippen LogP contribution in [0.25, 0.3) is 0 Å². The fraction of sp³-hybridized carbons (Fsp3) is 0.500. The molecular weight excluding hydrogens is 215 g/mol. The van der Waals surface area contributed by atoms with Crippen LogP contribution in [0.5, 0.6) is 0 Å². The van der Waals surface area contributed by atoms with Crippen LogP contribution >= 0.6 is 0 Å². The van der Waals surface area contributed by atoms with Crippen molar-refractivity contribution >= 4 is 11.9 Å². The first kappa shape index (κ1) is 13.5. The van der Waals surface area contributed by atoms with Gasteiger partial charge in [-0.3, -0.25) is 9.59 Å². The van der Waals surface area contributed by atoms with Crippen LogP contribution in [0.15, 0.2) is 12.7 Å². The third-order valence-corrected chi connectivity index (χ3v) is 1.37. The van der Waals surface area contributed by atoms with Crippen molar-refractivity contribution in [1.82, 2.24) is 4.90 Å². The van der Waals surface area contributed by atoms with Crippen molar-refractivity contribution in [2.45, 2.75) is 12.6 Å². The van der Waals surface area contributed by atoms with Gasteiger partial charge in [-0.2, -0.15) is 13.2 Å². The van der Waals surface area contributed by atoms with Crippen LogP contribution in [0, 0.1) is 0 Å². The summed E-state index contributed by atoms with van der Waals surface area (Å²) in [5.74, 6) is -2.40. The quantitative estimate of drug-likeness (QED) is 0.711. The highest BCUT2D eigenvalue weighted by Gasteiger charge is 2.33. The largest absolute Gasteiger partial charge is 0.480 e. The van der Waals surface area contributed by atoms with Crippen LogP contribution in [0.2, 0.25) is 0 Å². The predicted octanol–water partition coefficient (Wildman–Crippen LogP) is 1.04. The third kappa shape index (κ3) is 6.53. The molecule has 0 aromatic carbocycles. The zero-order valence-corrected chi connectivity index (χ0v) is 7.75. The molecule has 0 aliphatic carbocycles. The summed E-state index contributed by atoms with van der Waals surface area (Å²) in [6, 6.07) is 0. The van der Waals surface area contributed by atoms with E-state index in [2.05, 4.69) is 6.58 Å². The van der Waals surface area contributed by atoms with Gasteiger partial charge in [-0.1, -0.05) is 6.08 Å². The predicted molar refractivity (Wildman–Crippen MR) is 45.1 cm³/mol. The molecule has 0 fully saturated rings. The minimum atomic E-state index is -4.60. The highest BCUT2D eigenvalue weighted by Crippen LogP contribution is 2.16. The first-order chi connectivity index (χ1) is 6.76. The van der Waals surface area contributed by atoms with E-state index in [1.807, 2.05) is 0 Å². The van der Waals surface area contributed by atoms with E-state index >= 15 is 0 Å². The van der Waals surface area contributed by atoms with Crippen molar-refractivity contribution in [2.75, 3.05) is 13.1 Å². The number of rotatable bonds is 5. The highest BCUT2D eigenvalue weighted by atomic mass is 19.4. The number of nitrogens with zero attached hydrogens (tertiary/aromatic N) is 1. The molecule has 1 N–H and O–H groups in total. The van der Waals surface area contributed by atoms with Crippen molar-refractivity contribution in [1.29, 1.82) is 0 Å². The molecule has 0 heterocycles. The average molecular weight is 225 g/mol. The number of carboxylic acid groups (broad SMARTS) is 1. The van der Waals surface area contributed by atoms with Crippen LogP contribution in [0.1, 0.15) is 6.42 Å². The van der Waals surface area contributed by atoms with Gasteiger partial charge in [0.1, 0.15) is 13.1 Å². The number of alkyl halides is 3. The molecule has 0 aliphatic rings. The van der Waals surface area contributed by atoms with Gasteiger partial charge in [0.25, 0.3) is 0 Å². The molecule has 0 radical (unpaired) electrons. The number of halogens is 3. The zero-order valence-electron chi connectivity index (χ0n) is 7.75. The highest BCUT2D eigenvalue weighted by molar-refractivity contribution is 5.82. The van der Waals surface area contributed by atoms with Gasteiger partial charge in [0.05, 0.1) is 0 Å². The summed E-state index contributed by atoms with van der Waals surface area (Å²) >= 11 is 0. The monoisotopic (exact) mass is 225 g/mol. The molecule has 4 nitrogen and oxygen atoms in total. The Labute approximate surface area is 84.0 Å². The summed E-state index contributed by atoms with van der Waals surface area (Å²) in [4.78, 5) is 21.5. The summed E-state index contributed by atoms with van der Waals surface area (Å²) in [6.45, 7) is 0.653. The lowest BCUT2D eigenvalue weighted by Gasteiger charge is -2.21. The second kappa shape index (κ2) is 5.38. The number of amides is 1. The van der Waals surface area contributed by atoms with Crippen molar-refractivity contribution in [2.24, 2.45) is 0 Å². The Balaban J connectivity index is 4.50. The van der Waals surface area contributed by atoms with Crippen LogP contribution in [-0.4, -0.2) is 41.1 Å². The second-order valence-electron chi connectivity index (χ2n) is 2.75. The molecule has 7 heteroatoms. The Morgan fingerprint density at radius 3 is 2.27 bits per heavy atom. The number of carbonyl (C=O) groups is 2. The van der Waals surface area contributed by atoms with Gasteiger partial charge in [0, 0.05) is 6.42 Å². The topological polar surface area (TPSA) is 57.6 Å². The molecular formula is C8H10F3NO3. The molecule has 86 valence electrons. The Kier molecular flexibility index (Phi) is 4.83. The van der Waals surface area contributed by atoms with Gasteiger partial charge < -0.3 is 10.0 Å². The summed E-state index contributed by atoms with van der Waals surface area (Å²) in [6.07, 6.45) is -3.80. The number of hydrogen-bond acceptors (Lipinski definition) is 2. The number of carbonyl (C=O) groups excluding carboxylic acids is 1. The lowest BCUT2D eigenvalue weighted by Crippen LogP contribution is -2.41. The molecule has 0 aromatic heterocycles. The smallest absolute Gasteiger partial charge is 0.406 e. The van der Waals surface area contributed by atoms with Gasteiger partial charge in [-0.15, -0.1) is 6.58 Å². The molecule has 0 rings (SSSR count). The molecule has 15 heavy (non-hydrogen) atoms. The van der Waals surface area contributed by atoms with E-state index in [1.165, 1.54) is 0 Å². The molecule has 0 aromatic rings. The van der Waals surface area contributed by atoms with E-state index < -0.39 is 31.1 Å². The summed E-state index contributed by atoms with van der Waals surface area (Å²) in [5, 5.41) is 8.31. The standard InChI is InChI=1S/C8H10F3NO3/c1-2-3-6(13)12(4-7(14)15)5-8(9,10)11/h2H,1,3-5H2,(H,14,15). The average Bonchev–Trinajstić information content (AvgIpc) is 1.99. The molecule has 0 saturated heterocycles. The number of hydrogen-bond donors (Lipinski definition) is 1. The second-order valence-corrected chi connectivity index (χ2v) is 2.75. The maximum atomic E-state index is 11.9. The van der Waals surface area contributed by atoms with Gasteiger partial charge >= 0.3 is 12.1 Å². The SMILES string of the molecule is C=CCC(=O)N(CC(=O)O)CC(F)(F)F. The fourth-order valence-electron chi connectivity index (χ4n) is 0.865. The number of carboxylic acids is 1. The number of aliphatic carboxylic acids is 1. The molecule has 0 atom stereocenters. The van der Waals surface area contributed by atoms with Crippen molar-refractivity contribution in [3.05, 3.63) is 12.7 Å². The minimum Gasteiger partial charge on any atom is -0.480 e. The summed E-state index contributed by atoms with van der Waals surface area (Å²) in [7, 11) is 0. The summed E-state index contributed by atoms with van der Waals surface area (Å²) < 4.78 is 35.8. The van der Waals surface area contributed by atoms with Gasteiger partial charge in [-0.25, -0.2) is 0 Å². The maximum Gasteiger partial charge on any atom is 0.406 e. The molecule has 0 aliphatic heterocycles. The summed E-state index contributed by atoms with van der Waals surface area (Å²) in [5.41, 5.74) is 0. The third-order valence-electron chi connectivity index (χ3n) is 1.37. The van der Waals surface area contributed by atoms with Crippen LogP contribution < -0.4 is 0 Å². The molecule has 0 bridgehead atoms. The minimum absolute atomic E-state index is 0.226. The van der Waals surface area contributed by atoms with Crippen LogP contribution in [0.4, 0.5) is 13.2 Å². The Hall–Kier alpha value is -1.53. The Morgan fingerprint density at radius 1 is 1.40 bits per heavy atom. The van der Waals surface area contributed by atoms with E-state index in [4.69, 9.17) is 5.11 Å². The zero-order chi connectivity index (χ0) is 12.1. The first-order valence-corrected chi connectivity index (χ1v) is 3.93. The molecule has 1 amide bonds. The van der Waals surface area contributed by atoms with E-state index in [0.717, 1.165) is 6.08 Å². The molecule has 0 unspecified atom stereocenters. The van der Waals surface area contributed by atoms with E-state index in [9.17, 15) is 22.8 Å². The molecule has 0 spiro atoms. The van der Waals surface area contributed by atoms with Crippen molar-refractivity contribution in [3.63, 3.8) is 0 Å². The molecule has 0 saturated carbocycles. The fourth-order valence-corrected chi connectivity index (χ4v) is 0.865.